The molecule has 0 saturated carbocycles. The number of hydrogen-bond acceptors (Lipinski definition) is 6. The van der Waals surface area contributed by atoms with E-state index in [-0.39, 0.29) is 22.7 Å². The minimum absolute atomic E-state index is 0.00954. The molecule has 8 heteroatoms. The molecule has 0 fully saturated rings. The lowest BCUT2D eigenvalue weighted by atomic mass is 10.00. The average molecular weight is 298 g/mol. The Morgan fingerprint density at radius 3 is 1.50 bits per heavy atom. The van der Waals surface area contributed by atoms with Crippen molar-refractivity contribution in [3.8, 4) is 0 Å². The molecular formula is C14H10N4O4. The van der Waals surface area contributed by atoms with Gasteiger partial charge in [-0.2, -0.15) is 0 Å². The standard InChI is InChI=1S/C14H10N4O4/c15-13-9-6-10-8(2-4-12(14(10)16)18(21)22)5-7(9)1-3-11(13)17(19)20/h1-6H,15-16H2. The number of fused-ring (bicyclic) bond motifs is 2. The highest BCUT2D eigenvalue weighted by atomic mass is 16.6. The number of nitro benzene ring substituents is 2. The maximum atomic E-state index is 11.0. The first-order valence-electron chi connectivity index (χ1n) is 6.23. The number of nitrogen functional groups attached to an aromatic ring is 2. The largest absolute Gasteiger partial charge is 0.393 e. The van der Waals surface area contributed by atoms with Crippen molar-refractivity contribution in [3.05, 3.63) is 56.6 Å². The number of nitro groups is 2. The first-order valence-corrected chi connectivity index (χ1v) is 6.23. The van der Waals surface area contributed by atoms with Crippen LogP contribution in [0.15, 0.2) is 36.4 Å². The van der Waals surface area contributed by atoms with Gasteiger partial charge in [0.2, 0.25) is 0 Å². The van der Waals surface area contributed by atoms with Gasteiger partial charge in [-0.3, -0.25) is 20.2 Å². The third-order valence-corrected chi connectivity index (χ3v) is 3.59. The molecule has 0 aliphatic heterocycles. The predicted molar refractivity (Wildman–Crippen MR) is 83.6 cm³/mol. The van der Waals surface area contributed by atoms with Gasteiger partial charge in [0.1, 0.15) is 11.4 Å². The summed E-state index contributed by atoms with van der Waals surface area (Å²) in [6, 6.07) is 9.12. The van der Waals surface area contributed by atoms with Crippen molar-refractivity contribution in [3.63, 3.8) is 0 Å². The molecule has 8 nitrogen and oxygen atoms in total. The lowest BCUT2D eigenvalue weighted by Crippen LogP contribution is -1.98. The Morgan fingerprint density at radius 1 is 0.727 bits per heavy atom. The second-order valence-electron chi connectivity index (χ2n) is 4.81. The van der Waals surface area contributed by atoms with E-state index in [2.05, 4.69) is 0 Å². The normalized spacial score (nSPS) is 10.9. The maximum absolute atomic E-state index is 11.0. The smallest absolute Gasteiger partial charge is 0.292 e. The summed E-state index contributed by atoms with van der Waals surface area (Å²) >= 11 is 0. The van der Waals surface area contributed by atoms with Crippen molar-refractivity contribution in [2.24, 2.45) is 0 Å². The lowest BCUT2D eigenvalue weighted by Gasteiger charge is -2.08. The molecule has 0 heterocycles. The van der Waals surface area contributed by atoms with Gasteiger partial charge in [-0.1, -0.05) is 0 Å². The molecule has 0 aliphatic carbocycles. The summed E-state index contributed by atoms with van der Waals surface area (Å²) in [6.07, 6.45) is 0. The van der Waals surface area contributed by atoms with Gasteiger partial charge in [-0.05, 0) is 35.0 Å². The molecule has 0 aromatic heterocycles. The van der Waals surface area contributed by atoms with Crippen molar-refractivity contribution >= 4 is 44.3 Å². The van der Waals surface area contributed by atoms with E-state index in [0.29, 0.717) is 21.5 Å². The van der Waals surface area contributed by atoms with Crippen LogP contribution in [-0.4, -0.2) is 9.85 Å². The highest BCUT2D eigenvalue weighted by molar-refractivity contribution is 6.09. The SMILES string of the molecule is Nc1c([N+](=O)[O-])ccc2cc3ccc([N+](=O)[O-])c(N)c3cc12. The molecule has 4 N–H and O–H groups in total. The summed E-state index contributed by atoms with van der Waals surface area (Å²) in [6.45, 7) is 0. The van der Waals surface area contributed by atoms with Crippen LogP contribution < -0.4 is 11.5 Å². The molecule has 110 valence electrons. The third-order valence-electron chi connectivity index (χ3n) is 3.59. The fraction of sp³-hybridized carbons (Fsp3) is 0. The van der Waals surface area contributed by atoms with E-state index in [4.69, 9.17) is 11.5 Å². The quantitative estimate of drug-likeness (QED) is 0.322. The number of rotatable bonds is 2. The first-order chi connectivity index (χ1) is 10.4. The fourth-order valence-electron chi connectivity index (χ4n) is 2.49. The Morgan fingerprint density at radius 2 is 1.14 bits per heavy atom. The summed E-state index contributed by atoms with van der Waals surface area (Å²) in [5.74, 6) is 0. The molecule has 0 amide bonds. The first kappa shape index (κ1) is 13.6. The Hall–Kier alpha value is -3.42. The van der Waals surface area contributed by atoms with Gasteiger partial charge in [0.05, 0.1) is 9.85 Å². The van der Waals surface area contributed by atoms with Crippen LogP contribution in [0, 0.1) is 20.2 Å². The van der Waals surface area contributed by atoms with Crippen LogP contribution in [0.2, 0.25) is 0 Å². The average Bonchev–Trinajstić information content (AvgIpc) is 2.46. The highest BCUT2D eigenvalue weighted by Gasteiger charge is 2.18. The van der Waals surface area contributed by atoms with Crippen LogP contribution in [0.4, 0.5) is 22.7 Å². The summed E-state index contributed by atoms with van der Waals surface area (Å²) in [4.78, 5) is 20.8. The van der Waals surface area contributed by atoms with Crippen LogP contribution in [0.25, 0.3) is 21.5 Å². The topological polar surface area (TPSA) is 138 Å². The minimum atomic E-state index is -0.574. The summed E-state index contributed by atoms with van der Waals surface area (Å²) in [5.41, 5.74) is 11.3. The number of nitrogens with two attached hydrogens (primary N) is 2. The van der Waals surface area contributed by atoms with Gasteiger partial charge < -0.3 is 11.5 Å². The molecule has 0 saturated heterocycles. The maximum Gasteiger partial charge on any atom is 0.292 e. The molecular weight excluding hydrogens is 288 g/mol. The molecule has 0 atom stereocenters. The van der Waals surface area contributed by atoms with Crippen molar-refractivity contribution < 1.29 is 9.85 Å². The van der Waals surface area contributed by atoms with Gasteiger partial charge in [0, 0.05) is 22.9 Å². The van der Waals surface area contributed by atoms with E-state index in [1.165, 1.54) is 12.1 Å². The van der Waals surface area contributed by atoms with Crippen LogP contribution in [0.1, 0.15) is 0 Å². The van der Waals surface area contributed by atoms with Crippen LogP contribution in [-0.2, 0) is 0 Å². The molecule has 3 rings (SSSR count). The molecule has 3 aromatic rings. The van der Waals surface area contributed by atoms with Gasteiger partial charge in [-0.25, -0.2) is 0 Å². The molecule has 0 aliphatic rings. The lowest BCUT2D eigenvalue weighted by molar-refractivity contribution is -0.383. The Balaban J connectivity index is 2.43. The molecule has 0 radical (unpaired) electrons. The van der Waals surface area contributed by atoms with E-state index in [0.717, 1.165) is 0 Å². The molecule has 22 heavy (non-hydrogen) atoms. The van der Waals surface area contributed by atoms with Gasteiger partial charge in [-0.15, -0.1) is 0 Å². The van der Waals surface area contributed by atoms with Crippen LogP contribution in [0.5, 0.6) is 0 Å². The van der Waals surface area contributed by atoms with E-state index < -0.39 is 9.85 Å². The van der Waals surface area contributed by atoms with E-state index >= 15 is 0 Å². The van der Waals surface area contributed by atoms with E-state index in [9.17, 15) is 20.2 Å². The second kappa shape index (κ2) is 4.55. The Labute approximate surface area is 123 Å². The molecule has 3 aromatic carbocycles. The van der Waals surface area contributed by atoms with Crippen molar-refractivity contribution in [2.45, 2.75) is 0 Å². The minimum Gasteiger partial charge on any atom is -0.393 e. The molecule has 0 unspecified atom stereocenters. The summed E-state index contributed by atoms with van der Waals surface area (Å²) in [7, 11) is 0. The Kier molecular flexibility index (Phi) is 2.81. The molecule has 0 bridgehead atoms. The van der Waals surface area contributed by atoms with Crippen molar-refractivity contribution in [2.75, 3.05) is 11.5 Å². The van der Waals surface area contributed by atoms with Crippen LogP contribution in [0.3, 0.4) is 0 Å². The summed E-state index contributed by atoms with van der Waals surface area (Å²) in [5, 5.41) is 24.2. The van der Waals surface area contributed by atoms with Gasteiger partial charge in [0.15, 0.2) is 0 Å². The molecule has 0 spiro atoms. The van der Waals surface area contributed by atoms with Gasteiger partial charge in [0.25, 0.3) is 11.4 Å². The highest BCUT2D eigenvalue weighted by Crippen LogP contribution is 2.37. The zero-order chi connectivity index (χ0) is 16.0. The number of anilines is 2. The third kappa shape index (κ3) is 1.85. The zero-order valence-electron chi connectivity index (χ0n) is 11.1. The zero-order valence-corrected chi connectivity index (χ0v) is 11.1. The van der Waals surface area contributed by atoms with Crippen molar-refractivity contribution in [1.82, 2.24) is 0 Å². The second-order valence-corrected chi connectivity index (χ2v) is 4.81. The van der Waals surface area contributed by atoms with Crippen LogP contribution >= 0.6 is 0 Å². The number of benzene rings is 3. The predicted octanol–water partition coefficient (Wildman–Crippen LogP) is 2.97. The number of hydrogen-bond donors (Lipinski definition) is 2. The van der Waals surface area contributed by atoms with E-state index in [1.807, 2.05) is 0 Å². The van der Waals surface area contributed by atoms with Crippen molar-refractivity contribution in [1.29, 1.82) is 0 Å². The fourth-order valence-corrected chi connectivity index (χ4v) is 2.49. The summed E-state index contributed by atoms with van der Waals surface area (Å²) < 4.78 is 0. The van der Waals surface area contributed by atoms with E-state index in [1.54, 1.807) is 24.3 Å². The Bertz CT molecular complexity index is 893. The van der Waals surface area contributed by atoms with Gasteiger partial charge >= 0.3 is 0 Å². The number of nitrogens with zero attached hydrogens (tertiary/aromatic N) is 2. The monoisotopic (exact) mass is 298 g/mol.